The van der Waals surface area contributed by atoms with Crippen molar-refractivity contribution in [3.05, 3.63) is 11.6 Å². The normalized spacial score (nSPS) is 18.4. The van der Waals surface area contributed by atoms with Crippen molar-refractivity contribution in [2.75, 3.05) is 0 Å². The van der Waals surface area contributed by atoms with Crippen molar-refractivity contribution < 1.29 is 4.84 Å². The maximum absolute atomic E-state index is 5.29. The van der Waals surface area contributed by atoms with Crippen molar-refractivity contribution in [2.45, 2.75) is 38.5 Å². The van der Waals surface area contributed by atoms with Crippen LogP contribution in [0.25, 0.3) is 0 Å². The van der Waals surface area contributed by atoms with Crippen molar-refractivity contribution in [1.29, 1.82) is 0 Å². The number of nitrogens with zero attached hydrogens (tertiary/aromatic N) is 4. The fourth-order valence-corrected chi connectivity index (χ4v) is 2.37. The Morgan fingerprint density at radius 2 is 2.25 bits per heavy atom. The third-order valence-electron chi connectivity index (χ3n) is 2.36. The SMILES string of the molecule is Cc1nc(CSC2=NOC(C)(C)C2)nn1C. The second-order valence-electron chi connectivity index (χ2n) is 4.50. The summed E-state index contributed by atoms with van der Waals surface area (Å²) in [7, 11) is 1.90. The number of thioether (sulfide) groups is 1. The van der Waals surface area contributed by atoms with Crippen LogP contribution in [-0.2, 0) is 17.6 Å². The minimum absolute atomic E-state index is 0.157. The van der Waals surface area contributed by atoms with E-state index in [1.165, 1.54) is 0 Å². The smallest absolute Gasteiger partial charge is 0.161 e. The van der Waals surface area contributed by atoms with Gasteiger partial charge in [-0.2, -0.15) is 5.10 Å². The van der Waals surface area contributed by atoms with Gasteiger partial charge < -0.3 is 4.84 Å². The van der Waals surface area contributed by atoms with E-state index in [4.69, 9.17) is 4.84 Å². The quantitative estimate of drug-likeness (QED) is 0.792. The van der Waals surface area contributed by atoms with Crippen LogP contribution in [0.3, 0.4) is 0 Å². The van der Waals surface area contributed by atoms with Gasteiger partial charge in [0.15, 0.2) is 5.82 Å². The highest BCUT2D eigenvalue weighted by atomic mass is 32.2. The average molecular weight is 240 g/mol. The summed E-state index contributed by atoms with van der Waals surface area (Å²) in [5, 5.41) is 9.37. The summed E-state index contributed by atoms with van der Waals surface area (Å²) in [4.78, 5) is 9.63. The van der Waals surface area contributed by atoms with Crippen LogP contribution in [0, 0.1) is 6.92 Å². The number of aryl methyl sites for hydroxylation is 2. The summed E-state index contributed by atoms with van der Waals surface area (Å²) < 4.78 is 1.78. The average Bonchev–Trinajstić information content (AvgIpc) is 2.68. The van der Waals surface area contributed by atoms with Crippen molar-refractivity contribution >= 4 is 16.8 Å². The summed E-state index contributed by atoms with van der Waals surface area (Å²) in [6.45, 7) is 6.01. The predicted molar refractivity (Wildman–Crippen MR) is 64.3 cm³/mol. The molecule has 6 heteroatoms. The van der Waals surface area contributed by atoms with Crippen molar-refractivity contribution in [1.82, 2.24) is 14.8 Å². The Bertz CT molecular complexity index is 405. The molecule has 0 spiro atoms. The Labute approximate surface area is 99.3 Å². The van der Waals surface area contributed by atoms with Gasteiger partial charge >= 0.3 is 0 Å². The Morgan fingerprint density at radius 3 is 2.75 bits per heavy atom. The van der Waals surface area contributed by atoms with Crippen LogP contribution in [0.15, 0.2) is 5.16 Å². The van der Waals surface area contributed by atoms with E-state index < -0.39 is 0 Å². The van der Waals surface area contributed by atoms with Gasteiger partial charge in [-0.15, -0.1) is 0 Å². The largest absolute Gasteiger partial charge is 0.389 e. The van der Waals surface area contributed by atoms with Gasteiger partial charge in [-0.25, -0.2) is 4.98 Å². The fraction of sp³-hybridized carbons (Fsp3) is 0.700. The van der Waals surface area contributed by atoms with Gasteiger partial charge in [-0.05, 0) is 20.8 Å². The molecule has 1 aliphatic heterocycles. The molecule has 0 aromatic carbocycles. The highest BCUT2D eigenvalue weighted by Gasteiger charge is 2.29. The van der Waals surface area contributed by atoms with E-state index in [1.54, 1.807) is 16.4 Å². The second-order valence-corrected chi connectivity index (χ2v) is 5.55. The van der Waals surface area contributed by atoms with Crippen molar-refractivity contribution in [3.8, 4) is 0 Å². The molecular weight excluding hydrogens is 224 g/mol. The molecule has 0 N–H and O–H groups in total. The fourth-order valence-electron chi connectivity index (χ4n) is 1.42. The maximum Gasteiger partial charge on any atom is 0.161 e. The molecule has 1 aliphatic rings. The first-order valence-corrected chi connectivity index (χ1v) is 6.19. The van der Waals surface area contributed by atoms with Gasteiger partial charge in [0.2, 0.25) is 0 Å². The molecular formula is C10H16N4OS. The Balaban J connectivity index is 1.89. The van der Waals surface area contributed by atoms with Gasteiger partial charge in [-0.1, -0.05) is 16.9 Å². The molecule has 88 valence electrons. The highest BCUT2D eigenvalue weighted by Crippen LogP contribution is 2.28. The summed E-state index contributed by atoms with van der Waals surface area (Å²) in [5.74, 6) is 2.53. The molecule has 0 unspecified atom stereocenters. The molecule has 0 bridgehead atoms. The van der Waals surface area contributed by atoms with Crippen LogP contribution < -0.4 is 0 Å². The van der Waals surface area contributed by atoms with E-state index >= 15 is 0 Å². The molecule has 2 rings (SSSR count). The zero-order chi connectivity index (χ0) is 11.8. The summed E-state index contributed by atoms with van der Waals surface area (Å²) in [6, 6.07) is 0. The van der Waals surface area contributed by atoms with Gasteiger partial charge in [0, 0.05) is 13.5 Å². The van der Waals surface area contributed by atoms with Gasteiger partial charge in [0.25, 0.3) is 0 Å². The van der Waals surface area contributed by atoms with Crippen molar-refractivity contribution in [2.24, 2.45) is 12.2 Å². The van der Waals surface area contributed by atoms with Crippen LogP contribution in [0.2, 0.25) is 0 Å². The number of oxime groups is 1. The minimum atomic E-state index is -0.157. The van der Waals surface area contributed by atoms with E-state index in [-0.39, 0.29) is 5.60 Å². The molecule has 1 aromatic rings. The monoisotopic (exact) mass is 240 g/mol. The van der Waals surface area contributed by atoms with Gasteiger partial charge in [-0.3, -0.25) is 4.68 Å². The van der Waals surface area contributed by atoms with Gasteiger partial charge in [0.05, 0.1) is 5.75 Å². The van der Waals surface area contributed by atoms with E-state index in [0.29, 0.717) is 0 Å². The molecule has 16 heavy (non-hydrogen) atoms. The standard InChI is InChI=1S/C10H16N4OS/c1-7-11-8(12-14(7)4)6-16-9-5-10(2,3)15-13-9/h5-6H2,1-4H3. The first-order valence-electron chi connectivity index (χ1n) is 5.21. The van der Waals surface area contributed by atoms with E-state index in [0.717, 1.165) is 28.9 Å². The summed E-state index contributed by atoms with van der Waals surface area (Å²) in [6.07, 6.45) is 0.865. The molecule has 1 aromatic heterocycles. The lowest BCUT2D eigenvalue weighted by atomic mass is 10.1. The predicted octanol–water partition coefficient (Wildman–Crippen LogP) is 1.87. The summed E-state index contributed by atoms with van der Waals surface area (Å²) in [5.41, 5.74) is -0.157. The lowest BCUT2D eigenvalue weighted by Crippen LogP contribution is -2.18. The molecule has 2 heterocycles. The van der Waals surface area contributed by atoms with Crippen LogP contribution in [0.5, 0.6) is 0 Å². The first-order chi connectivity index (χ1) is 7.46. The molecule has 5 nitrogen and oxygen atoms in total. The second kappa shape index (κ2) is 4.08. The van der Waals surface area contributed by atoms with Crippen LogP contribution >= 0.6 is 11.8 Å². The lowest BCUT2D eigenvalue weighted by molar-refractivity contribution is 0.0123. The summed E-state index contributed by atoms with van der Waals surface area (Å²) >= 11 is 1.65. The Morgan fingerprint density at radius 1 is 1.50 bits per heavy atom. The third-order valence-corrected chi connectivity index (χ3v) is 3.32. The van der Waals surface area contributed by atoms with E-state index in [9.17, 15) is 0 Å². The zero-order valence-corrected chi connectivity index (χ0v) is 10.8. The Kier molecular flexibility index (Phi) is 2.92. The molecule has 0 aliphatic carbocycles. The van der Waals surface area contributed by atoms with E-state index in [1.807, 2.05) is 27.8 Å². The molecule has 0 amide bonds. The highest BCUT2D eigenvalue weighted by molar-refractivity contribution is 8.13. The third kappa shape index (κ3) is 2.55. The van der Waals surface area contributed by atoms with Crippen LogP contribution in [0.1, 0.15) is 31.9 Å². The first kappa shape index (κ1) is 11.4. The number of rotatable bonds is 2. The molecule has 0 radical (unpaired) electrons. The minimum Gasteiger partial charge on any atom is -0.389 e. The van der Waals surface area contributed by atoms with Crippen LogP contribution in [-0.4, -0.2) is 25.4 Å². The Hall–Kier alpha value is -1.04. The molecule has 0 saturated carbocycles. The topological polar surface area (TPSA) is 52.3 Å². The molecule has 0 atom stereocenters. The number of hydrogen-bond donors (Lipinski definition) is 0. The van der Waals surface area contributed by atoms with Crippen LogP contribution in [0.4, 0.5) is 0 Å². The number of hydrogen-bond acceptors (Lipinski definition) is 5. The van der Waals surface area contributed by atoms with E-state index in [2.05, 4.69) is 15.2 Å². The van der Waals surface area contributed by atoms with Gasteiger partial charge in [0.1, 0.15) is 16.5 Å². The zero-order valence-electron chi connectivity index (χ0n) is 10.0. The lowest BCUT2D eigenvalue weighted by Gasteiger charge is -2.12. The van der Waals surface area contributed by atoms with Crippen molar-refractivity contribution in [3.63, 3.8) is 0 Å². The maximum atomic E-state index is 5.29. The molecule has 0 saturated heterocycles. The molecule has 0 fully saturated rings. The number of aromatic nitrogens is 3.